The largest absolute Gasteiger partial charge is 0.497 e. The molecule has 1 atom stereocenters. The third-order valence-corrected chi connectivity index (χ3v) is 4.29. The predicted octanol–water partition coefficient (Wildman–Crippen LogP) is 3.40. The maximum atomic E-state index is 13.1. The standard InChI is InChI=1S/C17H27NO3/c1-7-17(4,18(8-2)9-3)16(19)14-12-13(20-5)10-11-15(14)21-6/h10-12H,7-9H2,1-6H3. The number of nitrogens with zero attached hydrogens (tertiary/aromatic N) is 1. The number of rotatable bonds is 8. The minimum absolute atomic E-state index is 0.0736. The van der Waals surface area contributed by atoms with E-state index in [1.165, 1.54) is 0 Å². The average Bonchev–Trinajstić information content (AvgIpc) is 2.54. The van der Waals surface area contributed by atoms with Crippen molar-refractivity contribution in [2.45, 2.75) is 39.7 Å². The molecule has 0 heterocycles. The first kappa shape index (κ1) is 17.5. The summed E-state index contributed by atoms with van der Waals surface area (Å²) in [6.45, 7) is 9.86. The monoisotopic (exact) mass is 293 g/mol. The van der Waals surface area contributed by atoms with E-state index in [4.69, 9.17) is 9.47 Å². The third kappa shape index (κ3) is 3.38. The zero-order chi connectivity index (χ0) is 16.0. The lowest BCUT2D eigenvalue weighted by molar-refractivity contribution is 0.0604. The maximum Gasteiger partial charge on any atom is 0.186 e. The van der Waals surface area contributed by atoms with Gasteiger partial charge < -0.3 is 9.47 Å². The van der Waals surface area contributed by atoms with Gasteiger partial charge in [-0.3, -0.25) is 9.69 Å². The number of hydrogen-bond donors (Lipinski definition) is 0. The van der Waals surface area contributed by atoms with Crippen molar-refractivity contribution in [1.82, 2.24) is 4.90 Å². The van der Waals surface area contributed by atoms with Crippen LogP contribution in [-0.4, -0.2) is 43.5 Å². The number of ketones is 1. The van der Waals surface area contributed by atoms with Gasteiger partial charge >= 0.3 is 0 Å². The lowest BCUT2D eigenvalue weighted by Gasteiger charge is -2.38. The Morgan fingerprint density at radius 2 is 1.76 bits per heavy atom. The zero-order valence-electron chi connectivity index (χ0n) is 14.0. The highest BCUT2D eigenvalue weighted by Gasteiger charge is 2.38. The molecule has 21 heavy (non-hydrogen) atoms. The number of benzene rings is 1. The van der Waals surface area contributed by atoms with E-state index in [1.54, 1.807) is 32.4 Å². The molecule has 4 nitrogen and oxygen atoms in total. The highest BCUT2D eigenvalue weighted by molar-refractivity contribution is 6.05. The van der Waals surface area contributed by atoms with Crippen molar-refractivity contribution in [2.24, 2.45) is 0 Å². The minimum atomic E-state index is -0.539. The fourth-order valence-corrected chi connectivity index (χ4v) is 2.73. The van der Waals surface area contributed by atoms with E-state index >= 15 is 0 Å². The minimum Gasteiger partial charge on any atom is -0.497 e. The Balaban J connectivity index is 3.33. The van der Waals surface area contributed by atoms with Gasteiger partial charge in [0.2, 0.25) is 0 Å². The van der Waals surface area contributed by atoms with Crippen molar-refractivity contribution < 1.29 is 14.3 Å². The van der Waals surface area contributed by atoms with Crippen LogP contribution in [0.3, 0.4) is 0 Å². The maximum absolute atomic E-state index is 13.1. The van der Waals surface area contributed by atoms with Crippen LogP contribution in [-0.2, 0) is 0 Å². The van der Waals surface area contributed by atoms with Crippen LogP contribution in [0.4, 0.5) is 0 Å². The van der Waals surface area contributed by atoms with Gasteiger partial charge in [0.1, 0.15) is 11.5 Å². The average molecular weight is 293 g/mol. The van der Waals surface area contributed by atoms with Gasteiger partial charge in [-0.1, -0.05) is 20.8 Å². The molecule has 0 saturated carbocycles. The molecule has 0 spiro atoms. The lowest BCUT2D eigenvalue weighted by atomic mass is 9.86. The highest BCUT2D eigenvalue weighted by atomic mass is 16.5. The number of Topliss-reactive ketones (excluding diaryl/α,β-unsaturated/α-hetero) is 1. The summed E-state index contributed by atoms with van der Waals surface area (Å²) < 4.78 is 10.6. The first-order valence-electron chi connectivity index (χ1n) is 7.50. The summed E-state index contributed by atoms with van der Waals surface area (Å²) in [7, 11) is 3.18. The fraction of sp³-hybridized carbons (Fsp3) is 0.588. The molecule has 0 aliphatic rings. The molecular formula is C17H27NO3. The normalized spacial score (nSPS) is 13.9. The number of carbonyl (C=O) groups excluding carboxylic acids is 1. The predicted molar refractivity (Wildman–Crippen MR) is 85.5 cm³/mol. The van der Waals surface area contributed by atoms with E-state index in [0.717, 1.165) is 19.5 Å². The molecule has 0 N–H and O–H groups in total. The molecule has 0 aromatic heterocycles. The summed E-state index contributed by atoms with van der Waals surface area (Å²) in [5.74, 6) is 1.33. The summed E-state index contributed by atoms with van der Waals surface area (Å²) in [6, 6.07) is 5.35. The van der Waals surface area contributed by atoms with Crippen LogP contribution in [0.15, 0.2) is 18.2 Å². The molecule has 1 unspecified atom stereocenters. The first-order valence-corrected chi connectivity index (χ1v) is 7.50. The molecular weight excluding hydrogens is 266 g/mol. The van der Waals surface area contributed by atoms with Gasteiger partial charge in [0.25, 0.3) is 0 Å². The van der Waals surface area contributed by atoms with Crippen LogP contribution in [0.2, 0.25) is 0 Å². The smallest absolute Gasteiger partial charge is 0.186 e. The molecule has 4 heteroatoms. The molecule has 1 aromatic carbocycles. The Hall–Kier alpha value is -1.55. The van der Waals surface area contributed by atoms with Crippen molar-refractivity contribution in [3.05, 3.63) is 23.8 Å². The van der Waals surface area contributed by atoms with Crippen molar-refractivity contribution in [3.8, 4) is 11.5 Å². The van der Waals surface area contributed by atoms with E-state index in [-0.39, 0.29) is 5.78 Å². The van der Waals surface area contributed by atoms with Gasteiger partial charge in [-0.2, -0.15) is 0 Å². The molecule has 0 radical (unpaired) electrons. The van der Waals surface area contributed by atoms with Gasteiger partial charge in [0.05, 0.1) is 25.3 Å². The molecule has 1 aromatic rings. The van der Waals surface area contributed by atoms with E-state index in [9.17, 15) is 4.79 Å². The number of likely N-dealkylation sites (N-methyl/N-ethyl adjacent to an activating group) is 1. The van der Waals surface area contributed by atoms with Crippen molar-refractivity contribution in [1.29, 1.82) is 0 Å². The van der Waals surface area contributed by atoms with Crippen LogP contribution in [0.1, 0.15) is 44.5 Å². The summed E-state index contributed by atoms with van der Waals surface area (Å²) in [4.78, 5) is 15.3. The van der Waals surface area contributed by atoms with Crippen LogP contribution in [0.5, 0.6) is 11.5 Å². The highest BCUT2D eigenvalue weighted by Crippen LogP contribution is 2.31. The zero-order valence-corrected chi connectivity index (χ0v) is 14.0. The van der Waals surface area contributed by atoms with E-state index in [0.29, 0.717) is 17.1 Å². The molecule has 0 aliphatic heterocycles. The lowest BCUT2D eigenvalue weighted by Crippen LogP contribution is -2.52. The van der Waals surface area contributed by atoms with Crippen molar-refractivity contribution in [3.63, 3.8) is 0 Å². The molecule has 0 saturated heterocycles. The van der Waals surface area contributed by atoms with E-state index in [2.05, 4.69) is 18.7 Å². The second-order valence-corrected chi connectivity index (χ2v) is 5.20. The van der Waals surface area contributed by atoms with Crippen molar-refractivity contribution in [2.75, 3.05) is 27.3 Å². The topological polar surface area (TPSA) is 38.8 Å². The quantitative estimate of drug-likeness (QED) is 0.689. The summed E-state index contributed by atoms with van der Waals surface area (Å²) in [5.41, 5.74) is 0.0384. The molecule has 0 fully saturated rings. The van der Waals surface area contributed by atoms with Crippen LogP contribution < -0.4 is 9.47 Å². The Bertz CT molecular complexity index is 483. The Kier molecular flexibility index (Phi) is 6.21. The molecule has 1 rings (SSSR count). The Morgan fingerprint density at radius 3 is 2.19 bits per heavy atom. The second-order valence-electron chi connectivity index (χ2n) is 5.20. The number of methoxy groups -OCH3 is 2. The number of carbonyl (C=O) groups is 1. The van der Waals surface area contributed by atoms with Crippen LogP contribution in [0, 0.1) is 0 Å². The summed E-state index contributed by atoms with van der Waals surface area (Å²) in [5, 5.41) is 0. The van der Waals surface area contributed by atoms with Crippen LogP contribution in [0.25, 0.3) is 0 Å². The van der Waals surface area contributed by atoms with E-state index in [1.807, 2.05) is 13.8 Å². The summed E-state index contributed by atoms with van der Waals surface area (Å²) in [6.07, 6.45) is 0.744. The molecule has 0 amide bonds. The Labute approximate surface area is 128 Å². The van der Waals surface area contributed by atoms with Gasteiger partial charge in [0.15, 0.2) is 5.78 Å². The SMILES string of the molecule is CCN(CC)C(C)(CC)C(=O)c1cc(OC)ccc1OC. The van der Waals surface area contributed by atoms with Crippen molar-refractivity contribution >= 4 is 5.78 Å². The number of hydrogen-bond acceptors (Lipinski definition) is 4. The molecule has 0 bridgehead atoms. The van der Waals surface area contributed by atoms with Gasteiger partial charge in [-0.05, 0) is 44.6 Å². The Morgan fingerprint density at radius 1 is 1.14 bits per heavy atom. The second kappa shape index (κ2) is 7.46. The molecule has 0 aliphatic carbocycles. The molecule has 118 valence electrons. The van der Waals surface area contributed by atoms with Crippen LogP contribution >= 0.6 is 0 Å². The number of ether oxygens (including phenoxy) is 2. The third-order valence-electron chi connectivity index (χ3n) is 4.29. The van der Waals surface area contributed by atoms with Gasteiger partial charge in [-0.15, -0.1) is 0 Å². The fourth-order valence-electron chi connectivity index (χ4n) is 2.73. The van der Waals surface area contributed by atoms with Gasteiger partial charge in [0, 0.05) is 0 Å². The van der Waals surface area contributed by atoms with E-state index < -0.39 is 5.54 Å². The first-order chi connectivity index (χ1) is 9.98. The summed E-state index contributed by atoms with van der Waals surface area (Å²) >= 11 is 0. The van der Waals surface area contributed by atoms with Gasteiger partial charge in [-0.25, -0.2) is 0 Å².